The molecule has 0 bridgehead atoms. The number of hydrogen-bond acceptors (Lipinski definition) is 6. The SMILES string of the molecule is O=C1CC(N(C(=O)CSc2nc3ccccc3o2)C2CCCCC2)C(=O)N1c1ccccc1. The lowest BCUT2D eigenvalue weighted by Gasteiger charge is -2.37. The van der Waals surface area contributed by atoms with Crippen molar-refractivity contribution in [3.63, 3.8) is 0 Å². The van der Waals surface area contributed by atoms with Crippen molar-refractivity contribution in [3.8, 4) is 0 Å². The van der Waals surface area contributed by atoms with Gasteiger partial charge in [-0.05, 0) is 37.1 Å². The molecule has 0 radical (unpaired) electrons. The van der Waals surface area contributed by atoms with Crippen molar-refractivity contribution >= 4 is 46.3 Å². The van der Waals surface area contributed by atoms with Crippen LogP contribution in [0.5, 0.6) is 0 Å². The van der Waals surface area contributed by atoms with Crippen molar-refractivity contribution in [2.24, 2.45) is 0 Å². The third-order valence-electron chi connectivity index (χ3n) is 6.32. The number of carbonyl (C=O) groups excluding carboxylic acids is 3. The number of benzene rings is 2. The van der Waals surface area contributed by atoms with Crippen LogP contribution in [0.4, 0.5) is 5.69 Å². The predicted molar refractivity (Wildman–Crippen MR) is 126 cm³/mol. The van der Waals surface area contributed by atoms with Gasteiger partial charge in [0.05, 0.1) is 17.9 Å². The number of imide groups is 1. The number of oxazole rings is 1. The molecule has 2 aliphatic rings. The molecule has 170 valence electrons. The van der Waals surface area contributed by atoms with E-state index in [9.17, 15) is 14.4 Å². The first-order chi connectivity index (χ1) is 16.1. The van der Waals surface area contributed by atoms with E-state index in [4.69, 9.17) is 4.42 Å². The summed E-state index contributed by atoms with van der Waals surface area (Å²) >= 11 is 1.23. The highest BCUT2D eigenvalue weighted by molar-refractivity contribution is 7.99. The fourth-order valence-corrected chi connectivity index (χ4v) is 5.49. The second-order valence-corrected chi connectivity index (χ2v) is 9.38. The zero-order valence-corrected chi connectivity index (χ0v) is 19.0. The summed E-state index contributed by atoms with van der Waals surface area (Å²) in [5.74, 6) is -0.643. The third kappa shape index (κ3) is 4.39. The van der Waals surface area contributed by atoms with Gasteiger partial charge in [-0.3, -0.25) is 14.4 Å². The Balaban J connectivity index is 1.36. The molecule has 3 amide bonds. The zero-order valence-electron chi connectivity index (χ0n) is 18.2. The van der Waals surface area contributed by atoms with Gasteiger partial charge in [0.2, 0.25) is 11.8 Å². The third-order valence-corrected chi connectivity index (χ3v) is 7.14. The Morgan fingerprint density at radius 3 is 2.52 bits per heavy atom. The first-order valence-corrected chi connectivity index (χ1v) is 12.3. The largest absolute Gasteiger partial charge is 0.431 e. The molecule has 8 heteroatoms. The van der Waals surface area contributed by atoms with E-state index in [0.29, 0.717) is 16.5 Å². The van der Waals surface area contributed by atoms with Crippen LogP contribution in [0.25, 0.3) is 11.1 Å². The molecule has 1 atom stereocenters. The van der Waals surface area contributed by atoms with E-state index in [1.807, 2.05) is 30.3 Å². The van der Waals surface area contributed by atoms with Gasteiger partial charge < -0.3 is 9.32 Å². The van der Waals surface area contributed by atoms with Gasteiger partial charge in [0, 0.05) is 6.04 Å². The summed E-state index contributed by atoms with van der Waals surface area (Å²) in [6.45, 7) is 0. The Morgan fingerprint density at radius 2 is 1.76 bits per heavy atom. The Kier molecular flexibility index (Phi) is 6.17. The monoisotopic (exact) mass is 463 g/mol. The molecule has 1 aliphatic carbocycles. The Labute approximate surface area is 196 Å². The van der Waals surface area contributed by atoms with Crippen LogP contribution in [0.15, 0.2) is 64.2 Å². The molecular formula is C25H25N3O4S. The van der Waals surface area contributed by atoms with E-state index in [1.54, 1.807) is 29.2 Å². The minimum Gasteiger partial charge on any atom is -0.431 e. The number of thioether (sulfide) groups is 1. The fraction of sp³-hybridized carbons (Fsp3) is 0.360. The van der Waals surface area contributed by atoms with E-state index in [2.05, 4.69) is 4.98 Å². The van der Waals surface area contributed by atoms with Gasteiger partial charge in [-0.1, -0.05) is 61.4 Å². The van der Waals surface area contributed by atoms with Crippen molar-refractivity contribution in [2.75, 3.05) is 10.7 Å². The minimum absolute atomic E-state index is 0.0174. The molecule has 2 aromatic carbocycles. The fourth-order valence-electron chi connectivity index (χ4n) is 4.78. The first-order valence-electron chi connectivity index (χ1n) is 11.3. The number of nitrogens with zero attached hydrogens (tertiary/aromatic N) is 3. The van der Waals surface area contributed by atoms with E-state index in [1.165, 1.54) is 16.7 Å². The Morgan fingerprint density at radius 1 is 1.03 bits per heavy atom. The normalized spacial score (nSPS) is 19.4. The van der Waals surface area contributed by atoms with Crippen molar-refractivity contribution in [1.29, 1.82) is 0 Å². The quantitative estimate of drug-likeness (QED) is 0.398. The lowest BCUT2D eigenvalue weighted by molar-refractivity contribution is -0.139. The number of anilines is 1. The van der Waals surface area contributed by atoms with Crippen molar-refractivity contribution in [2.45, 2.75) is 55.8 Å². The predicted octanol–water partition coefficient (Wildman–Crippen LogP) is 4.41. The molecule has 0 spiro atoms. The highest BCUT2D eigenvalue weighted by Gasteiger charge is 2.46. The molecule has 2 heterocycles. The second-order valence-electron chi connectivity index (χ2n) is 8.45. The summed E-state index contributed by atoms with van der Waals surface area (Å²) in [6, 6.07) is 15.6. The highest BCUT2D eigenvalue weighted by atomic mass is 32.2. The Bertz CT molecular complexity index is 1140. The van der Waals surface area contributed by atoms with E-state index < -0.39 is 6.04 Å². The molecule has 2 fully saturated rings. The molecule has 1 aliphatic heterocycles. The minimum atomic E-state index is -0.766. The lowest BCUT2D eigenvalue weighted by atomic mass is 9.92. The molecule has 1 saturated heterocycles. The number of hydrogen-bond donors (Lipinski definition) is 0. The molecule has 0 N–H and O–H groups in total. The van der Waals surface area contributed by atoms with Crippen LogP contribution in [0.1, 0.15) is 38.5 Å². The number of para-hydroxylation sites is 3. The van der Waals surface area contributed by atoms with Gasteiger partial charge in [-0.25, -0.2) is 9.88 Å². The standard InChI is InChI=1S/C25H25N3O4S/c29-22-15-20(24(31)28(22)18-11-5-2-6-12-18)27(17-9-3-1-4-10-17)23(30)16-33-25-26-19-13-7-8-14-21(19)32-25/h2,5-8,11-14,17,20H,1,3-4,9-10,15-16H2. The molecule has 3 aromatic rings. The average Bonchev–Trinajstić information content (AvgIpc) is 3.39. The van der Waals surface area contributed by atoms with Crippen molar-refractivity contribution in [1.82, 2.24) is 9.88 Å². The van der Waals surface area contributed by atoms with Crippen LogP contribution in [0, 0.1) is 0 Å². The summed E-state index contributed by atoms with van der Waals surface area (Å²) in [6.07, 6.45) is 4.88. The summed E-state index contributed by atoms with van der Waals surface area (Å²) in [4.78, 5) is 47.0. The summed E-state index contributed by atoms with van der Waals surface area (Å²) < 4.78 is 5.73. The molecule has 7 nitrogen and oxygen atoms in total. The molecule has 1 aromatic heterocycles. The van der Waals surface area contributed by atoms with Gasteiger partial charge >= 0.3 is 0 Å². The topological polar surface area (TPSA) is 83.7 Å². The number of rotatable bonds is 6. The number of amides is 3. The van der Waals surface area contributed by atoms with Crippen LogP contribution in [-0.2, 0) is 14.4 Å². The maximum Gasteiger partial charge on any atom is 0.257 e. The summed E-state index contributed by atoms with van der Waals surface area (Å²) in [5, 5.41) is 0.424. The molecule has 5 rings (SSSR count). The lowest BCUT2D eigenvalue weighted by Crippen LogP contribution is -2.52. The van der Waals surface area contributed by atoms with E-state index in [0.717, 1.165) is 37.6 Å². The maximum absolute atomic E-state index is 13.5. The first kappa shape index (κ1) is 21.7. The van der Waals surface area contributed by atoms with Crippen LogP contribution in [0.3, 0.4) is 0 Å². The summed E-state index contributed by atoms with van der Waals surface area (Å²) in [5.41, 5.74) is 1.96. The van der Waals surface area contributed by atoms with E-state index in [-0.39, 0.29) is 35.9 Å². The molecular weight excluding hydrogens is 438 g/mol. The average molecular weight is 464 g/mol. The van der Waals surface area contributed by atoms with Gasteiger partial charge in [0.15, 0.2) is 5.58 Å². The zero-order chi connectivity index (χ0) is 22.8. The van der Waals surface area contributed by atoms with Gasteiger partial charge in [-0.2, -0.15) is 0 Å². The van der Waals surface area contributed by atoms with Crippen LogP contribution in [0.2, 0.25) is 0 Å². The number of carbonyl (C=O) groups is 3. The van der Waals surface area contributed by atoms with Crippen molar-refractivity contribution in [3.05, 3.63) is 54.6 Å². The Hall–Kier alpha value is -3.13. The van der Waals surface area contributed by atoms with E-state index >= 15 is 0 Å². The highest BCUT2D eigenvalue weighted by Crippen LogP contribution is 2.32. The molecule has 33 heavy (non-hydrogen) atoms. The summed E-state index contributed by atoms with van der Waals surface area (Å²) in [7, 11) is 0. The van der Waals surface area contributed by atoms with Crippen LogP contribution < -0.4 is 4.90 Å². The number of aromatic nitrogens is 1. The van der Waals surface area contributed by atoms with Crippen LogP contribution >= 0.6 is 11.8 Å². The molecule has 1 saturated carbocycles. The van der Waals surface area contributed by atoms with Crippen LogP contribution in [-0.4, -0.2) is 45.4 Å². The second kappa shape index (κ2) is 9.39. The molecule has 1 unspecified atom stereocenters. The smallest absolute Gasteiger partial charge is 0.257 e. The number of fused-ring (bicyclic) bond motifs is 1. The van der Waals surface area contributed by atoms with Gasteiger partial charge in [0.1, 0.15) is 11.6 Å². The van der Waals surface area contributed by atoms with Crippen molar-refractivity contribution < 1.29 is 18.8 Å². The van der Waals surface area contributed by atoms with Gasteiger partial charge in [0.25, 0.3) is 11.1 Å². The van der Waals surface area contributed by atoms with Gasteiger partial charge in [-0.15, -0.1) is 0 Å². The maximum atomic E-state index is 13.5.